The zero-order chi connectivity index (χ0) is 21.3. The average molecular weight is 433 g/mol. The molecule has 2 aromatic rings. The van der Waals surface area contributed by atoms with Crippen molar-refractivity contribution in [3.8, 4) is 5.75 Å². The first kappa shape index (κ1) is 20.7. The highest BCUT2D eigenvalue weighted by atomic mass is 32.1. The lowest BCUT2D eigenvalue weighted by Crippen LogP contribution is -2.31. The van der Waals surface area contributed by atoms with Crippen LogP contribution in [0.4, 0.5) is 14.9 Å². The van der Waals surface area contributed by atoms with Crippen LogP contribution in [0.5, 0.6) is 5.75 Å². The van der Waals surface area contributed by atoms with Crippen LogP contribution in [0.1, 0.15) is 43.0 Å². The molecule has 0 atom stereocenters. The maximum atomic E-state index is 14.0. The molecule has 0 radical (unpaired) electrons. The molecule has 1 aromatic carbocycles. The van der Waals surface area contributed by atoms with Crippen LogP contribution in [0, 0.1) is 5.82 Å². The minimum atomic E-state index is -1.00. The van der Waals surface area contributed by atoms with E-state index >= 15 is 0 Å². The standard InChI is InChI=1S/C22H25FN2O4S/c1-13-21(17-9-10-30-20(17)12-25(13)22(26)27)24-18-8-3-14(23)11-19(18)29-16-6-4-15(28-2)5-7-16/h3,8-11,15-16,24H,4-7,12H2,1-2H3,(H,26,27). The molecule has 160 valence electrons. The lowest BCUT2D eigenvalue weighted by molar-refractivity contribution is 0.0329. The summed E-state index contributed by atoms with van der Waals surface area (Å²) in [5.74, 6) is 0.0549. The zero-order valence-electron chi connectivity index (χ0n) is 17.0. The molecular formula is C22H25FN2O4S. The third-order valence-electron chi connectivity index (χ3n) is 5.77. The topological polar surface area (TPSA) is 71.0 Å². The van der Waals surface area contributed by atoms with Crippen LogP contribution in [0.15, 0.2) is 35.3 Å². The van der Waals surface area contributed by atoms with Gasteiger partial charge < -0.3 is 19.9 Å². The van der Waals surface area contributed by atoms with Gasteiger partial charge in [-0.05, 0) is 56.2 Å². The summed E-state index contributed by atoms with van der Waals surface area (Å²) in [6, 6.07) is 6.37. The summed E-state index contributed by atoms with van der Waals surface area (Å²) in [4.78, 5) is 14.0. The Hall–Kier alpha value is -2.58. The molecule has 1 aliphatic carbocycles. The highest BCUT2D eigenvalue weighted by molar-refractivity contribution is 7.10. The summed E-state index contributed by atoms with van der Waals surface area (Å²) in [5.41, 5.74) is 2.87. The van der Waals surface area contributed by atoms with E-state index in [0.717, 1.165) is 36.1 Å². The van der Waals surface area contributed by atoms with E-state index in [2.05, 4.69) is 5.32 Å². The number of thiophene rings is 1. The van der Waals surface area contributed by atoms with Crippen LogP contribution in [0.25, 0.3) is 5.70 Å². The summed E-state index contributed by atoms with van der Waals surface area (Å²) in [6.07, 6.45) is 2.76. The number of carbonyl (C=O) groups is 1. The number of hydrogen-bond donors (Lipinski definition) is 2. The van der Waals surface area contributed by atoms with Gasteiger partial charge in [-0.25, -0.2) is 9.18 Å². The SMILES string of the molecule is COC1CCC(Oc2cc(F)ccc2NC2=C(C)N(C(=O)O)Cc3sccc32)CC1. The van der Waals surface area contributed by atoms with E-state index in [1.807, 2.05) is 11.4 Å². The monoisotopic (exact) mass is 432 g/mol. The Morgan fingerprint density at radius 3 is 2.67 bits per heavy atom. The van der Waals surface area contributed by atoms with Gasteiger partial charge in [0.1, 0.15) is 11.6 Å². The minimum absolute atomic E-state index is 0.00703. The first-order valence-electron chi connectivity index (χ1n) is 10.0. The Morgan fingerprint density at radius 1 is 1.23 bits per heavy atom. The fourth-order valence-corrected chi connectivity index (χ4v) is 4.91. The minimum Gasteiger partial charge on any atom is -0.488 e. The van der Waals surface area contributed by atoms with E-state index in [1.165, 1.54) is 28.4 Å². The summed E-state index contributed by atoms with van der Waals surface area (Å²) < 4.78 is 25.6. The van der Waals surface area contributed by atoms with Gasteiger partial charge in [0.25, 0.3) is 0 Å². The molecule has 1 saturated carbocycles. The number of nitrogens with one attached hydrogen (secondary N) is 1. The molecule has 1 aromatic heterocycles. The molecule has 2 heterocycles. The number of benzene rings is 1. The number of nitrogens with zero attached hydrogens (tertiary/aromatic N) is 1. The Bertz CT molecular complexity index is 966. The van der Waals surface area contributed by atoms with Crippen molar-refractivity contribution < 1.29 is 23.8 Å². The van der Waals surface area contributed by atoms with Crippen LogP contribution in [-0.2, 0) is 11.3 Å². The van der Waals surface area contributed by atoms with Gasteiger partial charge in [0, 0.05) is 29.3 Å². The van der Waals surface area contributed by atoms with E-state index < -0.39 is 6.09 Å². The van der Waals surface area contributed by atoms with Crippen LogP contribution in [0.3, 0.4) is 0 Å². The van der Waals surface area contributed by atoms with Crippen LogP contribution in [-0.4, -0.2) is 35.4 Å². The number of carboxylic acid groups (broad SMARTS) is 1. The number of ether oxygens (including phenoxy) is 2. The Morgan fingerprint density at radius 2 is 1.97 bits per heavy atom. The number of anilines is 1. The van der Waals surface area contributed by atoms with Crippen LogP contribution < -0.4 is 10.1 Å². The van der Waals surface area contributed by atoms with Gasteiger partial charge in [0.05, 0.1) is 30.1 Å². The Labute approximate surface area is 178 Å². The van der Waals surface area contributed by atoms with Crippen LogP contribution in [0.2, 0.25) is 0 Å². The van der Waals surface area contributed by atoms with Gasteiger partial charge in [0.15, 0.2) is 0 Å². The van der Waals surface area contributed by atoms with E-state index in [0.29, 0.717) is 29.4 Å². The van der Waals surface area contributed by atoms with Crippen molar-refractivity contribution in [1.29, 1.82) is 0 Å². The number of halogens is 1. The third kappa shape index (κ3) is 4.15. The fraction of sp³-hybridized carbons (Fsp3) is 0.409. The van der Waals surface area contributed by atoms with Crippen molar-refractivity contribution in [2.24, 2.45) is 0 Å². The van der Waals surface area contributed by atoms with E-state index in [9.17, 15) is 14.3 Å². The maximum Gasteiger partial charge on any atom is 0.411 e. The number of hydrogen-bond acceptors (Lipinski definition) is 5. The predicted octanol–water partition coefficient (Wildman–Crippen LogP) is 5.52. The van der Waals surface area contributed by atoms with Gasteiger partial charge in [-0.1, -0.05) is 0 Å². The van der Waals surface area contributed by atoms with Crippen molar-refractivity contribution in [3.05, 3.63) is 51.6 Å². The van der Waals surface area contributed by atoms with Gasteiger partial charge in [-0.15, -0.1) is 11.3 Å². The number of rotatable bonds is 5. The lowest BCUT2D eigenvalue weighted by atomic mass is 9.95. The summed E-state index contributed by atoms with van der Waals surface area (Å²) in [6.45, 7) is 2.10. The normalized spacial score (nSPS) is 21.4. The molecule has 0 bridgehead atoms. The molecule has 1 amide bonds. The van der Waals surface area contributed by atoms with Crippen molar-refractivity contribution in [3.63, 3.8) is 0 Å². The van der Waals surface area contributed by atoms with E-state index in [1.54, 1.807) is 20.1 Å². The molecule has 0 saturated heterocycles. The summed E-state index contributed by atoms with van der Waals surface area (Å²) in [5, 5.41) is 14.9. The molecule has 0 spiro atoms. The molecule has 6 nitrogen and oxygen atoms in total. The third-order valence-corrected chi connectivity index (χ3v) is 6.67. The number of amides is 1. The number of fused-ring (bicyclic) bond motifs is 1. The molecule has 4 rings (SSSR count). The van der Waals surface area contributed by atoms with Gasteiger partial charge >= 0.3 is 6.09 Å². The molecule has 1 aliphatic heterocycles. The van der Waals surface area contributed by atoms with Crippen molar-refractivity contribution in [1.82, 2.24) is 4.90 Å². The van der Waals surface area contributed by atoms with E-state index in [4.69, 9.17) is 9.47 Å². The number of allylic oxidation sites excluding steroid dienone is 1. The fourth-order valence-electron chi connectivity index (χ4n) is 4.04. The molecule has 8 heteroatoms. The second-order valence-corrected chi connectivity index (χ2v) is 8.61. The molecule has 1 fully saturated rings. The average Bonchev–Trinajstić information content (AvgIpc) is 3.20. The molecule has 0 unspecified atom stereocenters. The first-order chi connectivity index (χ1) is 14.5. The molecule has 30 heavy (non-hydrogen) atoms. The van der Waals surface area contributed by atoms with Crippen molar-refractivity contribution in [2.75, 3.05) is 12.4 Å². The van der Waals surface area contributed by atoms with Crippen molar-refractivity contribution >= 4 is 28.8 Å². The number of methoxy groups -OCH3 is 1. The Balaban J connectivity index is 1.61. The largest absolute Gasteiger partial charge is 0.488 e. The highest BCUT2D eigenvalue weighted by Gasteiger charge is 2.28. The quantitative estimate of drug-likeness (QED) is 0.651. The highest BCUT2D eigenvalue weighted by Crippen LogP contribution is 2.38. The Kier molecular flexibility index (Phi) is 5.97. The first-order valence-corrected chi connectivity index (χ1v) is 10.9. The van der Waals surface area contributed by atoms with Crippen LogP contribution >= 0.6 is 11.3 Å². The van der Waals surface area contributed by atoms with Gasteiger partial charge in [0.2, 0.25) is 0 Å². The molecular weight excluding hydrogens is 407 g/mol. The second kappa shape index (κ2) is 8.65. The van der Waals surface area contributed by atoms with E-state index in [-0.39, 0.29) is 18.0 Å². The zero-order valence-corrected chi connectivity index (χ0v) is 17.8. The summed E-state index contributed by atoms with van der Waals surface area (Å²) >= 11 is 1.52. The molecule has 2 N–H and O–H groups in total. The van der Waals surface area contributed by atoms with Crippen molar-refractivity contribution in [2.45, 2.75) is 51.4 Å². The second-order valence-electron chi connectivity index (χ2n) is 7.60. The summed E-state index contributed by atoms with van der Waals surface area (Å²) in [7, 11) is 1.72. The van der Waals surface area contributed by atoms with Gasteiger partial charge in [-0.3, -0.25) is 4.90 Å². The van der Waals surface area contributed by atoms with Gasteiger partial charge in [-0.2, -0.15) is 0 Å². The molecule has 2 aliphatic rings. The predicted molar refractivity (Wildman–Crippen MR) is 114 cm³/mol. The lowest BCUT2D eigenvalue weighted by Gasteiger charge is -2.30. The maximum absolute atomic E-state index is 14.0. The smallest absolute Gasteiger partial charge is 0.411 e.